The van der Waals surface area contributed by atoms with Crippen LogP contribution in [0.4, 0.5) is 0 Å². The molecule has 1 fully saturated rings. The molecule has 0 radical (unpaired) electrons. The van der Waals surface area contributed by atoms with Gasteiger partial charge in [0, 0.05) is 37.8 Å². The topological polar surface area (TPSA) is 117 Å². The number of phenolic OH excluding ortho intramolecular Hbond substituents is 2. The summed E-state index contributed by atoms with van der Waals surface area (Å²) in [5, 5.41) is 28.4. The van der Waals surface area contributed by atoms with E-state index >= 15 is 0 Å². The second-order valence-electron chi connectivity index (χ2n) is 9.30. The summed E-state index contributed by atoms with van der Waals surface area (Å²) >= 11 is 0. The number of carbonyl (C=O) groups excluding carboxylic acids is 1. The van der Waals surface area contributed by atoms with Crippen molar-refractivity contribution in [2.45, 2.75) is 13.5 Å². The molecule has 2 heterocycles. The van der Waals surface area contributed by atoms with Crippen molar-refractivity contribution in [1.29, 1.82) is 0 Å². The Bertz CT molecular complexity index is 1440. The molecule has 0 aliphatic carbocycles. The molecule has 1 aromatic heterocycles. The van der Waals surface area contributed by atoms with Crippen molar-refractivity contribution >= 4 is 5.91 Å². The Morgan fingerprint density at radius 3 is 2.31 bits per heavy atom. The molecule has 1 aliphatic rings. The maximum atomic E-state index is 12.9. The van der Waals surface area contributed by atoms with Crippen molar-refractivity contribution < 1.29 is 29.0 Å². The predicted octanol–water partition coefficient (Wildman–Crippen LogP) is 4.68. The van der Waals surface area contributed by atoms with Gasteiger partial charge >= 0.3 is 0 Å². The molecule has 9 nitrogen and oxygen atoms in total. The van der Waals surface area contributed by atoms with Crippen LogP contribution in [0.2, 0.25) is 0 Å². The third kappa shape index (κ3) is 5.59. The minimum Gasteiger partial charge on any atom is -0.507 e. The van der Waals surface area contributed by atoms with Crippen LogP contribution in [0.3, 0.4) is 0 Å². The van der Waals surface area contributed by atoms with E-state index in [0.29, 0.717) is 34.5 Å². The highest BCUT2D eigenvalue weighted by Crippen LogP contribution is 2.44. The summed E-state index contributed by atoms with van der Waals surface area (Å²) in [6.45, 7) is 6.27. The smallest absolute Gasteiger partial charge is 0.274 e. The average molecular weight is 530 g/mol. The van der Waals surface area contributed by atoms with E-state index in [-0.39, 0.29) is 28.9 Å². The molecule has 39 heavy (non-hydrogen) atoms. The number of benzene rings is 3. The lowest BCUT2D eigenvalue weighted by Crippen LogP contribution is -2.35. The number of methoxy groups -OCH3 is 1. The third-order valence-electron chi connectivity index (χ3n) is 6.76. The molecule has 0 bridgehead atoms. The molecule has 0 atom stereocenters. The standard InChI is InChI=1S/C30H31N3O6/c1-3-31-30(36)28-27(21-6-4-19(5-7-21)18-33-12-14-38-15-13-33)29(39-32-28)24-16-23(25(34)17-26(24)35)20-8-10-22(37-2)11-9-20/h4-11,16-17,34-35H,3,12-15,18H2,1-2H3,(H,31,36). The number of aromatic hydroxyl groups is 2. The summed E-state index contributed by atoms with van der Waals surface area (Å²) < 4.78 is 16.4. The maximum Gasteiger partial charge on any atom is 0.274 e. The number of nitrogens with zero attached hydrogens (tertiary/aromatic N) is 2. The monoisotopic (exact) mass is 529 g/mol. The number of aromatic nitrogens is 1. The fraction of sp³-hybridized carbons (Fsp3) is 0.267. The van der Waals surface area contributed by atoms with Crippen LogP contribution in [0.25, 0.3) is 33.6 Å². The number of phenols is 2. The van der Waals surface area contributed by atoms with Crippen LogP contribution in [0.5, 0.6) is 17.2 Å². The molecule has 3 N–H and O–H groups in total. The molecule has 0 unspecified atom stereocenters. The van der Waals surface area contributed by atoms with Gasteiger partial charge in [-0.25, -0.2) is 0 Å². The van der Waals surface area contributed by atoms with Crippen molar-refractivity contribution in [3.8, 4) is 50.8 Å². The summed E-state index contributed by atoms with van der Waals surface area (Å²) in [5.41, 5.74) is 3.92. The van der Waals surface area contributed by atoms with Gasteiger partial charge in [0.05, 0.1) is 31.5 Å². The zero-order valence-electron chi connectivity index (χ0n) is 21.9. The molecule has 0 saturated carbocycles. The number of hydrogen-bond donors (Lipinski definition) is 3. The second kappa shape index (κ2) is 11.6. The van der Waals surface area contributed by atoms with Crippen molar-refractivity contribution in [3.63, 3.8) is 0 Å². The lowest BCUT2D eigenvalue weighted by molar-refractivity contribution is 0.0342. The largest absolute Gasteiger partial charge is 0.507 e. The molecular weight excluding hydrogens is 498 g/mol. The Hall–Kier alpha value is -4.34. The van der Waals surface area contributed by atoms with Gasteiger partial charge in [0.1, 0.15) is 17.2 Å². The normalized spacial score (nSPS) is 13.8. The predicted molar refractivity (Wildman–Crippen MR) is 147 cm³/mol. The van der Waals surface area contributed by atoms with Crippen molar-refractivity contribution in [3.05, 3.63) is 71.9 Å². The zero-order chi connectivity index (χ0) is 27.4. The molecule has 0 spiro atoms. The van der Waals surface area contributed by atoms with E-state index in [1.807, 2.05) is 43.3 Å². The van der Waals surface area contributed by atoms with E-state index in [1.165, 1.54) is 6.07 Å². The first-order valence-electron chi connectivity index (χ1n) is 12.9. The van der Waals surface area contributed by atoms with Crippen LogP contribution in [0.15, 0.2) is 65.2 Å². The average Bonchev–Trinajstić information content (AvgIpc) is 3.39. The quantitative estimate of drug-likeness (QED) is 0.301. The minimum absolute atomic E-state index is 0.0982. The lowest BCUT2D eigenvalue weighted by Gasteiger charge is -2.26. The van der Waals surface area contributed by atoms with E-state index in [1.54, 1.807) is 25.3 Å². The number of carbonyl (C=O) groups is 1. The lowest BCUT2D eigenvalue weighted by atomic mass is 9.94. The van der Waals surface area contributed by atoms with E-state index in [9.17, 15) is 15.0 Å². The van der Waals surface area contributed by atoms with Gasteiger partial charge in [-0.1, -0.05) is 41.6 Å². The number of amides is 1. The highest BCUT2D eigenvalue weighted by molar-refractivity contribution is 6.03. The van der Waals surface area contributed by atoms with Gasteiger partial charge in [-0.05, 0) is 41.8 Å². The Kier molecular flexibility index (Phi) is 7.81. The highest BCUT2D eigenvalue weighted by atomic mass is 16.5. The van der Waals surface area contributed by atoms with E-state index in [4.69, 9.17) is 14.0 Å². The summed E-state index contributed by atoms with van der Waals surface area (Å²) in [7, 11) is 1.58. The fourth-order valence-corrected chi connectivity index (χ4v) is 4.70. The van der Waals surface area contributed by atoms with Crippen LogP contribution in [0.1, 0.15) is 23.0 Å². The Morgan fingerprint density at radius 1 is 0.974 bits per heavy atom. The molecule has 1 saturated heterocycles. The Balaban J connectivity index is 1.57. The summed E-state index contributed by atoms with van der Waals surface area (Å²) in [5.74, 6) is 0.226. The maximum absolute atomic E-state index is 12.9. The number of hydrogen-bond acceptors (Lipinski definition) is 8. The molecule has 1 amide bonds. The van der Waals surface area contributed by atoms with Crippen LogP contribution in [0, 0.1) is 0 Å². The highest BCUT2D eigenvalue weighted by Gasteiger charge is 2.27. The van der Waals surface area contributed by atoms with Crippen molar-refractivity contribution in [2.24, 2.45) is 0 Å². The Labute approximate surface area is 226 Å². The van der Waals surface area contributed by atoms with Gasteiger partial charge in [-0.15, -0.1) is 0 Å². The van der Waals surface area contributed by atoms with Crippen LogP contribution in [-0.4, -0.2) is 66.1 Å². The molecular formula is C30H31N3O6. The van der Waals surface area contributed by atoms with E-state index < -0.39 is 0 Å². The molecule has 1 aliphatic heterocycles. The first-order chi connectivity index (χ1) is 19.0. The van der Waals surface area contributed by atoms with Crippen molar-refractivity contribution in [1.82, 2.24) is 15.4 Å². The molecule has 202 valence electrons. The SMILES string of the molecule is CCNC(=O)c1noc(-c2cc(-c3ccc(OC)cc3)c(O)cc2O)c1-c1ccc(CN2CCOCC2)cc1. The minimum atomic E-state index is -0.381. The van der Waals surface area contributed by atoms with Gasteiger partial charge in [0.15, 0.2) is 11.5 Å². The van der Waals surface area contributed by atoms with Gasteiger partial charge < -0.3 is 29.5 Å². The number of rotatable bonds is 8. The van der Waals surface area contributed by atoms with Crippen LogP contribution in [-0.2, 0) is 11.3 Å². The van der Waals surface area contributed by atoms with Gasteiger partial charge in [0.25, 0.3) is 5.91 Å². The summed E-state index contributed by atoms with van der Waals surface area (Å²) in [4.78, 5) is 15.3. The molecule has 5 rings (SSSR count). The molecule has 4 aromatic rings. The summed E-state index contributed by atoms with van der Waals surface area (Å²) in [6, 6.07) is 18.0. The van der Waals surface area contributed by atoms with E-state index in [2.05, 4.69) is 15.4 Å². The number of ether oxygens (including phenoxy) is 2. The van der Waals surface area contributed by atoms with Crippen LogP contribution < -0.4 is 10.1 Å². The van der Waals surface area contributed by atoms with Crippen LogP contribution >= 0.6 is 0 Å². The van der Waals surface area contributed by atoms with Gasteiger partial charge in [-0.3, -0.25) is 9.69 Å². The zero-order valence-corrected chi connectivity index (χ0v) is 21.9. The summed E-state index contributed by atoms with van der Waals surface area (Å²) in [6.07, 6.45) is 0. The first kappa shape index (κ1) is 26.3. The van der Waals surface area contributed by atoms with Gasteiger partial charge in [0.2, 0.25) is 0 Å². The number of morpholine rings is 1. The fourth-order valence-electron chi connectivity index (χ4n) is 4.70. The van der Waals surface area contributed by atoms with Gasteiger partial charge in [-0.2, -0.15) is 0 Å². The molecule has 9 heteroatoms. The van der Waals surface area contributed by atoms with Crippen molar-refractivity contribution in [2.75, 3.05) is 40.0 Å². The molecule has 3 aromatic carbocycles. The third-order valence-corrected chi connectivity index (χ3v) is 6.76. The second-order valence-corrected chi connectivity index (χ2v) is 9.30. The Morgan fingerprint density at radius 2 is 1.64 bits per heavy atom. The number of nitrogens with one attached hydrogen (secondary N) is 1. The van der Waals surface area contributed by atoms with E-state index in [0.717, 1.165) is 44.0 Å². The first-order valence-corrected chi connectivity index (χ1v) is 12.9.